The van der Waals surface area contributed by atoms with Crippen LogP contribution in [0.5, 0.6) is 0 Å². The van der Waals surface area contributed by atoms with Gasteiger partial charge in [-0.1, -0.05) is 12.8 Å². The van der Waals surface area contributed by atoms with Gasteiger partial charge in [-0.15, -0.1) is 46.4 Å². The maximum Gasteiger partial charge on any atom is 0.409 e. The van der Waals surface area contributed by atoms with Gasteiger partial charge in [-0.25, -0.2) is 4.79 Å². The Morgan fingerprint density at radius 2 is 0.831 bits per heavy atom. The summed E-state index contributed by atoms with van der Waals surface area (Å²) >= 11 is 22.1. The average Bonchev–Trinajstić information content (AvgIpc) is 3.30. The van der Waals surface area contributed by atoms with E-state index in [2.05, 4.69) is 42.5 Å². The third-order valence-corrected chi connectivity index (χ3v) is 10.3. The minimum absolute atomic E-state index is 0.0425. The van der Waals surface area contributed by atoms with Crippen LogP contribution in [0.25, 0.3) is 0 Å². The van der Waals surface area contributed by atoms with Crippen molar-refractivity contribution in [2.45, 2.75) is 109 Å². The van der Waals surface area contributed by atoms with Gasteiger partial charge in [0.05, 0.1) is 6.61 Å². The summed E-state index contributed by atoms with van der Waals surface area (Å²) in [7, 11) is 0. The van der Waals surface area contributed by atoms with E-state index in [0.29, 0.717) is 110 Å². The van der Waals surface area contributed by atoms with Crippen molar-refractivity contribution < 1.29 is 52.6 Å². The molecule has 65 heavy (non-hydrogen) atoms. The van der Waals surface area contributed by atoms with Gasteiger partial charge in [0, 0.05) is 71.8 Å². The van der Waals surface area contributed by atoms with Gasteiger partial charge in [0.2, 0.25) is 47.3 Å². The number of halogens is 4. The summed E-state index contributed by atoms with van der Waals surface area (Å²) in [5.41, 5.74) is 0. The van der Waals surface area contributed by atoms with E-state index < -0.39 is 30.0 Å². The molecule has 8 N–H and O–H groups in total. The van der Waals surface area contributed by atoms with Crippen molar-refractivity contribution in [1.82, 2.24) is 47.4 Å². The lowest BCUT2D eigenvalue weighted by Gasteiger charge is -2.22. The van der Waals surface area contributed by atoms with E-state index in [1.54, 1.807) is 0 Å². The number of nitrogens with one attached hydrogen (secondary N) is 8. The highest BCUT2D eigenvalue weighted by Crippen LogP contribution is 2.06. The maximum absolute atomic E-state index is 12.8. The van der Waals surface area contributed by atoms with E-state index >= 15 is 0 Å². The minimum atomic E-state index is -0.771. The van der Waals surface area contributed by atoms with Crippen LogP contribution in [0.15, 0.2) is 0 Å². The lowest BCUT2D eigenvalue weighted by molar-refractivity contribution is -0.128. The molecule has 0 heterocycles. The summed E-state index contributed by atoms with van der Waals surface area (Å²) in [4.78, 5) is 111. The first kappa shape index (κ1) is 61.1. The molecule has 374 valence electrons. The molecule has 0 rings (SSSR count). The van der Waals surface area contributed by atoms with Crippen LogP contribution in [0.3, 0.4) is 0 Å². The number of unbranched alkanes of at least 4 members (excludes halogenated alkanes) is 6. The smallest absolute Gasteiger partial charge is 0.409 e. The Morgan fingerprint density at radius 3 is 1.23 bits per heavy atom. The van der Waals surface area contributed by atoms with E-state index in [1.807, 2.05) is 6.92 Å². The molecule has 24 heteroatoms. The Balaban J connectivity index is 4.61. The topological polar surface area (TPSA) is 272 Å². The molecule has 0 aliphatic carbocycles. The summed E-state index contributed by atoms with van der Waals surface area (Å²) in [5, 5.41) is 21.7. The monoisotopic (exact) mass is 1010 g/mol. The second-order valence-electron chi connectivity index (χ2n) is 14.7. The SMILES string of the molecule is CCOCCOC(=O)N(CCNC(=O)CCCCCNC(=O)C(CCCCNC(=O)CCl)NC(=O)CCl)CCNC(=O)CCCCCNC(=O)C(CCCCNC(=O)CCl)NC(=O)CCl. The number of carbonyl (C=O) groups is 9. The third-order valence-electron chi connectivity index (χ3n) is 9.36. The molecule has 0 aliphatic rings. The van der Waals surface area contributed by atoms with Crippen LogP contribution in [0.2, 0.25) is 0 Å². The highest BCUT2D eigenvalue weighted by molar-refractivity contribution is 6.28. The Morgan fingerprint density at radius 1 is 0.446 bits per heavy atom. The molecular formula is C41H71Cl4N9O11. The van der Waals surface area contributed by atoms with Crippen LogP contribution >= 0.6 is 46.4 Å². The van der Waals surface area contributed by atoms with Crippen molar-refractivity contribution in [3.05, 3.63) is 0 Å². The molecule has 0 radical (unpaired) electrons. The van der Waals surface area contributed by atoms with E-state index in [0.717, 1.165) is 0 Å². The van der Waals surface area contributed by atoms with Crippen LogP contribution in [0, 0.1) is 0 Å². The van der Waals surface area contributed by atoms with E-state index in [1.165, 1.54) is 4.90 Å². The first-order valence-electron chi connectivity index (χ1n) is 22.3. The Kier molecular flexibility index (Phi) is 39.1. The molecule has 0 aromatic heterocycles. The number of amides is 9. The van der Waals surface area contributed by atoms with Crippen molar-refractivity contribution in [3.63, 3.8) is 0 Å². The maximum atomic E-state index is 12.8. The summed E-state index contributed by atoms with van der Waals surface area (Å²) in [6.45, 7) is 4.64. The van der Waals surface area contributed by atoms with Gasteiger partial charge in [-0.05, 0) is 71.1 Å². The van der Waals surface area contributed by atoms with Crippen molar-refractivity contribution in [2.24, 2.45) is 0 Å². The van der Waals surface area contributed by atoms with Crippen LogP contribution in [-0.2, 0) is 47.8 Å². The fourth-order valence-corrected chi connectivity index (χ4v) is 6.24. The molecule has 0 saturated carbocycles. The minimum Gasteiger partial charge on any atom is -0.447 e. The predicted molar refractivity (Wildman–Crippen MR) is 249 cm³/mol. The molecule has 9 amide bonds. The van der Waals surface area contributed by atoms with E-state index in [-0.39, 0.29) is 111 Å². The summed E-state index contributed by atoms with van der Waals surface area (Å²) < 4.78 is 10.5. The second kappa shape index (κ2) is 41.6. The Bertz CT molecular complexity index is 1330. The molecule has 0 bridgehead atoms. The van der Waals surface area contributed by atoms with Crippen LogP contribution in [0.4, 0.5) is 4.79 Å². The molecule has 0 aliphatic heterocycles. The van der Waals surface area contributed by atoms with Gasteiger partial charge in [-0.3, -0.25) is 38.4 Å². The molecule has 0 aromatic rings. The number of rotatable bonds is 40. The lowest BCUT2D eigenvalue weighted by Crippen LogP contribution is -2.47. The van der Waals surface area contributed by atoms with E-state index in [9.17, 15) is 43.2 Å². The first-order valence-corrected chi connectivity index (χ1v) is 24.4. The molecule has 20 nitrogen and oxygen atoms in total. The molecular weight excluding hydrogens is 936 g/mol. The van der Waals surface area contributed by atoms with Crippen molar-refractivity contribution in [2.75, 3.05) is 95.7 Å². The zero-order valence-corrected chi connectivity index (χ0v) is 40.6. The van der Waals surface area contributed by atoms with Gasteiger partial charge < -0.3 is 56.9 Å². The highest BCUT2D eigenvalue weighted by Gasteiger charge is 2.21. The number of hydrogen-bond donors (Lipinski definition) is 8. The molecule has 0 fully saturated rings. The van der Waals surface area contributed by atoms with Crippen LogP contribution < -0.4 is 42.5 Å². The van der Waals surface area contributed by atoms with Crippen LogP contribution in [-0.4, -0.2) is 166 Å². The van der Waals surface area contributed by atoms with Crippen LogP contribution in [0.1, 0.15) is 96.8 Å². The molecule has 0 saturated heterocycles. The first-order chi connectivity index (χ1) is 31.3. The van der Waals surface area contributed by atoms with Gasteiger partial charge in [0.15, 0.2) is 0 Å². The normalized spacial score (nSPS) is 11.6. The van der Waals surface area contributed by atoms with Gasteiger partial charge in [0.1, 0.15) is 42.2 Å². The van der Waals surface area contributed by atoms with Crippen molar-refractivity contribution >= 4 is 99.8 Å². The molecule has 2 atom stereocenters. The zero-order valence-electron chi connectivity index (χ0n) is 37.6. The lowest BCUT2D eigenvalue weighted by atomic mass is 10.1. The molecule has 0 spiro atoms. The number of alkyl halides is 4. The second-order valence-corrected chi connectivity index (χ2v) is 15.7. The average molecular weight is 1010 g/mol. The number of hydrogen-bond acceptors (Lipinski definition) is 11. The van der Waals surface area contributed by atoms with Gasteiger partial charge in [0.25, 0.3) is 0 Å². The summed E-state index contributed by atoms with van der Waals surface area (Å²) in [6.07, 6.45) is 6.54. The zero-order chi connectivity index (χ0) is 48.5. The van der Waals surface area contributed by atoms with Crippen molar-refractivity contribution in [3.8, 4) is 0 Å². The quantitative estimate of drug-likeness (QED) is 0.0322. The molecule has 0 aromatic carbocycles. The largest absolute Gasteiger partial charge is 0.447 e. The third kappa shape index (κ3) is 35.1. The summed E-state index contributed by atoms with van der Waals surface area (Å²) in [5.74, 6) is -3.45. The standard InChI is InChI=1S/C41H71Cl4N9O11/c1-2-64-25-26-65-41(63)54(23-21-48-33(55)15-5-3-9-19-50-39(61)31(52-37(59)29-44)13-7-11-17-46-35(57)27-42)24-22-49-34(56)16-6-4-10-20-51-40(62)32(53-38(60)30-45)14-8-12-18-47-36(58)28-43/h31-32H,2-30H2,1H3,(H,46,57)(H,47,58)(H,48,55)(H,49,56)(H,50,61)(H,51,62)(H,52,59)(H,53,60). The summed E-state index contributed by atoms with van der Waals surface area (Å²) in [6, 6.07) is -1.54. The van der Waals surface area contributed by atoms with Gasteiger partial charge >= 0.3 is 6.09 Å². The number of ether oxygens (including phenoxy) is 2. The Labute approximate surface area is 402 Å². The Hall–Kier alpha value is -3.85. The fourth-order valence-electron chi connectivity index (χ4n) is 5.90. The molecule has 2 unspecified atom stereocenters. The highest BCUT2D eigenvalue weighted by atomic mass is 35.5. The fraction of sp³-hybridized carbons (Fsp3) is 0.780. The number of carbonyl (C=O) groups excluding carboxylic acids is 9. The predicted octanol–water partition coefficient (Wildman–Crippen LogP) is 1.54. The van der Waals surface area contributed by atoms with E-state index in [4.69, 9.17) is 55.9 Å². The van der Waals surface area contributed by atoms with Crippen molar-refractivity contribution in [1.29, 1.82) is 0 Å². The van der Waals surface area contributed by atoms with Gasteiger partial charge in [-0.2, -0.15) is 0 Å². The number of nitrogens with zero attached hydrogens (tertiary/aromatic N) is 1.